The maximum Gasteiger partial charge on any atom is 0.193 e. The molecule has 0 aliphatic rings. The van der Waals surface area contributed by atoms with E-state index in [9.17, 15) is 10.2 Å². The molecule has 3 aromatic rings. The van der Waals surface area contributed by atoms with Gasteiger partial charge in [-0.3, -0.25) is 4.57 Å². The van der Waals surface area contributed by atoms with Crippen molar-refractivity contribution in [3.63, 3.8) is 0 Å². The van der Waals surface area contributed by atoms with Gasteiger partial charge in [0.2, 0.25) is 0 Å². The van der Waals surface area contributed by atoms with E-state index in [4.69, 9.17) is 0 Å². The average Bonchev–Trinajstić information content (AvgIpc) is 3.02. The normalized spacial score (nSPS) is 11.2. The minimum Gasteiger partial charge on any atom is -0.508 e. The number of phenolic OH excluding ortho intramolecular Hbond substituents is 2. The van der Waals surface area contributed by atoms with Crippen molar-refractivity contribution < 1.29 is 10.2 Å². The van der Waals surface area contributed by atoms with Crippen molar-refractivity contribution in [2.45, 2.75) is 38.3 Å². The number of rotatable bonds is 5. The molecule has 28 heavy (non-hydrogen) atoms. The van der Waals surface area contributed by atoms with E-state index in [2.05, 4.69) is 46.8 Å². The second-order valence-corrected chi connectivity index (χ2v) is 7.70. The van der Waals surface area contributed by atoms with Gasteiger partial charge in [0, 0.05) is 25.8 Å². The summed E-state index contributed by atoms with van der Waals surface area (Å²) in [6, 6.07) is 9.26. The van der Waals surface area contributed by atoms with E-state index in [1.54, 1.807) is 10.6 Å². The molecule has 0 unspecified atom stereocenters. The largest absolute Gasteiger partial charge is 0.508 e. The molecule has 0 saturated heterocycles. The molecule has 0 aliphatic heterocycles. The molecule has 0 aliphatic carbocycles. The van der Waals surface area contributed by atoms with Gasteiger partial charge in [0.1, 0.15) is 11.5 Å². The second kappa shape index (κ2) is 7.75. The number of aromatic nitrogens is 3. The van der Waals surface area contributed by atoms with Crippen LogP contribution in [0.25, 0.3) is 17.1 Å². The number of hydrogen-bond donors (Lipinski definition) is 3. The summed E-state index contributed by atoms with van der Waals surface area (Å²) >= 11 is 4.48. The van der Waals surface area contributed by atoms with Crippen LogP contribution in [0.5, 0.6) is 11.5 Å². The quantitative estimate of drug-likeness (QED) is 0.556. The fraction of sp³-hybridized carbons (Fsp3) is 0.333. The zero-order valence-electron chi connectivity index (χ0n) is 16.8. The number of hydrogen-bond acceptors (Lipinski definition) is 6. The summed E-state index contributed by atoms with van der Waals surface area (Å²) in [5, 5.41) is 29.4. The van der Waals surface area contributed by atoms with Crippen LogP contribution < -0.4 is 4.90 Å². The lowest BCUT2D eigenvalue weighted by Crippen LogP contribution is -2.12. The molecule has 0 fully saturated rings. The van der Waals surface area contributed by atoms with Crippen molar-refractivity contribution in [1.82, 2.24) is 14.8 Å². The minimum absolute atomic E-state index is 0.0538. The van der Waals surface area contributed by atoms with Gasteiger partial charge in [-0.2, -0.15) is 0 Å². The molecule has 2 aromatic carbocycles. The van der Waals surface area contributed by atoms with Crippen molar-refractivity contribution in [3.05, 3.63) is 41.5 Å². The molecule has 0 saturated carbocycles. The van der Waals surface area contributed by atoms with Crippen LogP contribution in [-0.2, 0) is 6.42 Å². The summed E-state index contributed by atoms with van der Waals surface area (Å²) in [6.45, 7) is 6.09. The van der Waals surface area contributed by atoms with E-state index in [1.807, 2.05) is 34.0 Å². The molecule has 1 heterocycles. The van der Waals surface area contributed by atoms with E-state index in [0.29, 0.717) is 16.5 Å². The zero-order valence-corrected chi connectivity index (χ0v) is 17.7. The summed E-state index contributed by atoms with van der Waals surface area (Å²) in [5.41, 5.74) is 4.42. The van der Waals surface area contributed by atoms with Crippen molar-refractivity contribution in [2.75, 3.05) is 19.0 Å². The lowest BCUT2D eigenvalue weighted by atomic mass is 9.98. The van der Waals surface area contributed by atoms with E-state index in [1.165, 1.54) is 11.6 Å². The van der Waals surface area contributed by atoms with Gasteiger partial charge >= 0.3 is 0 Å². The molecule has 148 valence electrons. The molecule has 0 atom stereocenters. The first-order chi connectivity index (χ1) is 13.2. The molecular weight excluding hydrogens is 372 g/mol. The standard InChI is InChI=1S/C21H26N4O2S/c1-6-13-7-8-14(9-17(13)24(4)5)25-20(22-23-21(25)28)16-10-15(12(2)3)18(26)11-19(16)27/h7-12,26-27H,6H2,1-5H3,(H,23,28). The van der Waals surface area contributed by atoms with Crippen molar-refractivity contribution in [2.24, 2.45) is 0 Å². The summed E-state index contributed by atoms with van der Waals surface area (Å²) in [6.07, 6.45) is 0.924. The van der Waals surface area contributed by atoms with Gasteiger partial charge in [0.15, 0.2) is 11.0 Å². The van der Waals surface area contributed by atoms with Crippen LogP contribution in [0.4, 0.5) is 5.69 Å². The van der Waals surface area contributed by atoms with Gasteiger partial charge in [-0.1, -0.05) is 26.8 Å². The Bertz CT molecular complexity index is 1010. The van der Waals surface area contributed by atoms with Gasteiger partial charge in [-0.05, 0) is 41.7 Å². The lowest BCUT2D eigenvalue weighted by Gasteiger charge is -2.19. The van der Waals surface area contributed by atoms with Crippen LogP contribution in [0.1, 0.15) is 37.8 Å². The van der Waals surface area contributed by atoms with Crippen LogP contribution in [0.2, 0.25) is 0 Å². The lowest BCUT2D eigenvalue weighted by molar-refractivity contribution is 0.444. The number of anilines is 1. The monoisotopic (exact) mass is 398 g/mol. The highest BCUT2D eigenvalue weighted by Gasteiger charge is 2.20. The zero-order chi connectivity index (χ0) is 20.6. The third-order valence-corrected chi connectivity index (χ3v) is 5.13. The average molecular weight is 399 g/mol. The molecule has 3 rings (SSSR count). The van der Waals surface area contributed by atoms with Crippen LogP contribution in [0, 0.1) is 0 Å². The fourth-order valence-corrected chi connectivity index (χ4v) is 3.59. The van der Waals surface area contributed by atoms with Gasteiger partial charge in [-0.25, -0.2) is 0 Å². The highest BCUT2D eigenvalue weighted by molar-refractivity contribution is 7.80. The van der Waals surface area contributed by atoms with E-state index < -0.39 is 0 Å². The molecule has 1 aromatic heterocycles. The summed E-state index contributed by atoms with van der Waals surface area (Å²) in [5.74, 6) is 0.575. The van der Waals surface area contributed by atoms with Crippen LogP contribution >= 0.6 is 12.6 Å². The first kappa shape index (κ1) is 20.1. The Labute approximate surface area is 170 Å². The number of aryl methyl sites for hydroxylation is 1. The smallest absolute Gasteiger partial charge is 0.193 e. The van der Waals surface area contributed by atoms with Gasteiger partial charge in [0.25, 0.3) is 0 Å². The predicted octanol–water partition coefficient (Wildman–Crippen LogP) is 4.39. The summed E-state index contributed by atoms with van der Waals surface area (Å²) in [7, 11) is 4.02. The molecule has 6 nitrogen and oxygen atoms in total. The van der Waals surface area contributed by atoms with E-state index >= 15 is 0 Å². The second-order valence-electron chi connectivity index (χ2n) is 7.30. The molecule has 0 radical (unpaired) electrons. The van der Waals surface area contributed by atoms with Crippen LogP contribution in [0.15, 0.2) is 35.5 Å². The van der Waals surface area contributed by atoms with E-state index in [0.717, 1.165) is 23.4 Å². The first-order valence-corrected chi connectivity index (χ1v) is 9.70. The van der Waals surface area contributed by atoms with Gasteiger partial charge in [-0.15, -0.1) is 22.8 Å². The predicted molar refractivity (Wildman–Crippen MR) is 115 cm³/mol. The van der Waals surface area contributed by atoms with E-state index in [-0.39, 0.29) is 17.4 Å². The Hall–Kier alpha value is -2.67. The molecule has 0 amide bonds. The number of benzene rings is 2. The summed E-state index contributed by atoms with van der Waals surface area (Å²) < 4.78 is 1.80. The van der Waals surface area contributed by atoms with Crippen molar-refractivity contribution >= 4 is 18.3 Å². The molecule has 0 bridgehead atoms. The fourth-order valence-electron chi connectivity index (χ4n) is 3.33. The first-order valence-electron chi connectivity index (χ1n) is 9.25. The SMILES string of the molecule is CCc1ccc(-n2c(S)nnc2-c2cc(C(C)C)c(O)cc2O)cc1N(C)C. The Kier molecular flexibility index (Phi) is 5.56. The maximum atomic E-state index is 10.5. The molecule has 0 spiro atoms. The molecule has 7 heteroatoms. The van der Waals surface area contributed by atoms with Gasteiger partial charge < -0.3 is 15.1 Å². The number of nitrogens with zero attached hydrogens (tertiary/aromatic N) is 4. The van der Waals surface area contributed by atoms with Gasteiger partial charge in [0.05, 0.1) is 11.3 Å². The maximum absolute atomic E-state index is 10.5. The Morgan fingerprint density at radius 2 is 1.79 bits per heavy atom. The highest BCUT2D eigenvalue weighted by Crippen LogP contribution is 2.38. The minimum atomic E-state index is -0.0538. The Morgan fingerprint density at radius 3 is 2.39 bits per heavy atom. The topological polar surface area (TPSA) is 74.4 Å². The number of thiol groups is 1. The van der Waals surface area contributed by atoms with Crippen LogP contribution in [-0.4, -0.2) is 39.1 Å². The van der Waals surface area contributed by atoms with Crippen molar-refractivity contribution in [3.8, 4) is 28.6 Å². The van der Waals surface area contributed by atoms with Crippen molar-refractivity contribution in [1.29, 1.82) is 0 Å². The molecule has 2 N–H and O–H groups in total. The highest BCUT2D eigenvalue weighted by atomic mass is 32.1. The Balaban J connectivity index is 2.22. The summed E-state index contributed by atoms with van der Waals surface area (Å²) in [4.78, 5) is 2.07. The third kappa shape index (κ3) is 3.54. The third-order valence-electron chi connectivity index (χ3n) is 4.84. The Morgan fingerprint density at radius 1 is 1.07 bits per heavy atom. The number of aromatic hydroxyl groups is 2. The molecular formula is C21H26N4O2S. The van der Waals surface area contributed by atoms with Crippen LogP contribution in [0.3, 0.4) is 0 Å². The number of phenols is 2.